The number of methoxy groups -OCH3 is 1. The highest BCUT2D eigenvalue weighted by Crippen LogP contribution is 2.36. The molecule has 1 aliphatic rings. The molecule has 1 aromatic heterocycles. The first-order valence-electron chi connectivity index (χ1n) is 10.4. The highest BCUT2D eigenvalue weighted by atomic mass is 79.9. The molecular weight excluding hydrogens is 456 g/mol. The molecular formula is C25H25BrN2O3. The van der Waals surface area contributed by atoms with Crippen LogP contribution in [0.2, 0.25) is 0 Å². The number of hydrogen-bond acceptors (Lipinski definition) is 4. The second-order valence-electron chi connectivity index (χ2n) is 7.60. The van der Waals surface area contributed by atoms with Crippen molar-refractivity contribution in [3.63, 3.8) is 0 Å². The van der Waals surface area contributed by atoms with Crippen LogP contribution in [0.5, 0.6) is 0 Å². The van der Waals surface area contributed by atoms with Gasteiger partial charge in [0.05, 0.1) is 13.2 Å². The number of benzene rings is 2. The van der Waals surface area contributed by atoms with Crippen LogP contribution in [0, 0.1) is 0 Å². The highest BCUT2D eigenvalue weighted by molar-refractivity contribution is 9.09. The van der Waals surface area contributed by atoms with E-state index < -0.39 is 5.97 Å². The van der Waals surface area contributed by atoms with Gasteiger partial charge in [0.15, 0.2) is 5.78 Å². The number of fused-ring (bicyclic) bond motifs is 3. The summed E-state index contributed by atoms with van der Waals surface area (Å²) in [5.41, 5.74) is 5.31. The van der Waals surface area contributed by atoms with Crippen molar-refractivity contribution < 1.29 is 14.3 Å². The number of nitrogens with zero attached hydrogens (tertiary/aromatic N) is 1. The number of rotatable bonds is 7. The second-order valence-corrected chi connectivity index (χ2v) is 8.39. The smallest absolute Gasteiger partial charge is 0.330 e. The molecule has 3 aromatic rings. The molecule has 4 rings (SSSR count). The summed E-state index contributed by atoms with van der Waals surface area (Å²) < 4.78 is 7.02. The third-order valence-electron chi connectivity index (χ3n) is 5.70. The van der Waals surface area contributed by atoms with Crippen LogP contribution in [-0.4, -0.2) is 35.3 Å². The summed E-state index contributed by atoms with van der Waals surface area (Å²) >= 11 is 3.57. The van der Waals surface area contributed by atoms with Crippen LogP contribution in [0.25, 0.3) is 17.0 Å². The minimum Gasteiger partial charge on any atom is -0.466 e. The number of carbonyl (C=O) groups is 2. The van der Waals surface area contributed by atoms with Gasteiger partial charge in [0.25, 0.3) is 0 Å². The number of aromatic nitrogens is 1. The molecule has 160 valence electrons. The fourth-order valence-corrected chi connectivity index (χ4v) is 4.68. The van der Waals surface area contributed by atoms with Gasteiger partial charge in [-0.1, -0.05) is 52.3 Å². The van der Waals surface area contributed by atoms with E-state index in [0.29, 0.717) is 6.42 Å². The lowest BCUT2D eigenvalue weighted by Crippen LogP contribution is -2.36. The molecule has 0 amide bonds. The van der Waals surface area contributed by atoms with Crippen LogP contribution in [0.4, 0.5) is 0 Å². The van der Waals surface area contributed by atoms with Gasteiger partial charge in [-0.25, -0.2) is 4.79 Å². The lowest BCUT2D eigenvalue weighted by Gasteiger charge is -2.25. The molecule has 0 bridgehead atoms. The summed E-state index contributed by atoms with van der Waals surface area (Å²) in [6, 6.07) is 15.7. The first kappa shape index (κ1) is 21.5. The van der Waals surface area contributed by atoms with Crippen molar-refractivity contribution in [2.75, 3.05) is 19.0 Å². The fraction of sp³-hybridized carbons (Fsp3) is 0.280. The van der Waals surface area contributed by atoms with E-state index >= 15 is 0 Å². The van der Waals surface area contributed by atoms with Crippen molar-refractivity contribution in [3.8, 4) is 0 Å². The summed E-state index contributed by atoms with van der Waals surface area (Å²) in [5.74, 6) is -0.225. The lowest BCUT2D eigenvalue weighted by molar-refractivity contribution is -0.134. The number of alkyl halides is 1. The molecule has 2 heterocycles. The normalized spacial score (nSPS) is 15.9. The fourth-order valence-electron chi connectivity index (χ4n) is 4.33. The number of hydrogen-bond donors (Lipinski definition) is 1. The number of nitrogens with one attached hydrogen (secondary N) is 1. The molecule has 31 heavy (non-hydrogen) atoms. The summed E-state index contributed by atoms with van der Waals surface area (Å²) in [6.45, 7) is 1.61. The molecule has 1 aliphatic heterocycles. The Morgan fingerprint density at radius 2 is 2.03 bits per heavy atom. The molecule has 6 heteroatoms. The molecule has 1 atom stereocenters. The number of ether oxygens (including phenoxy) is 1. The van der Waals surface area contributed by atoms with Crippen molar-refractivity contribution in [2.45, 2.75) is 25.4 Å². The summed E-state index contributed by atoms with van der Waals surface area (Å²) in [4.78, 5) is 24.8. The van der Waals surface area contributed by atoms with E-state index in [2.05, 4.69) is 37.9 Å². The Morgan fingerprint density at radius 3 is 2.77 bits per heavy atom. The lowest BCUT2D eigenvalue weighted by atomic mass is 9.91. The van der Waals surface area contributed by atoms with Crippen molar-refractivity contribution >= 4 is 44.7 Å². The molecule has 5 nitrogen and oxygen atoms in total. The summed E-state index contributed by atoms with van der Waals surface area (Å²) in [5, 5.41) is 5.35. The molecule has 0 fully saturated rings. The van der Waals surface area contributed by atoms with E-state index in [0.717, 1.165) is 52.4 Å². The zero-order valence-electron chi connectivity index (χ0n) is 17.4. The van der Waals surface area contributed by atoms with Gasteiger partial charge in [0.2, 0.25) is 0 Å². The Morgan fingerprint density at radius 1 is 1.23 bits per heavy atom. The molecule has 1 N–H and O–H groups in total. The van der Waals surface area contributed by atoms with Crippen LogP contribution in [0.1, 0.15) is 28.4 Å². The maximum Gasteiger partial charge on any atom is 0.330 e. The van der Waals surface area contributed by atoms with Gasteiger partial charge in [0.1, 0.15) is 0 Å². The Hall–Kier alpha value is -2.70. The van der Waals surface area contributed by atoms with Crippen LogP contribution in [0.15, 0.2) is 54.6 Å². The number of Topliss-reactive ketones (excluding diaryl/α,β-unsaturated/α-hetero) is 1. The minimum absolute atomic E-state index is 0.167. The molecule has 0 radical (unpaired) electrons. The van der Waals surface area contributed by atoms with Crippen LogP contribution in [0.3, 0.4) is 0 Å². The molecule has 1 unspecified atom stereocenters. The minimum atomic E-state index is -0.392. The SMILES string of the molecule is COC(=O)/C=C/c1ccc2c(c1)c1c(n2CCBr)CCNC1C(=O)Cc1ccccc1. The monoisotopic (exact) mass is 480 g/mol. The number of aryl methyl sites for hydroxylation is 1. The van der Waals surface area contributed by atoms with E-state index in [4.69, 9.17) is 4.74 Å². The van der Waals surface area contributed by atoms with E-state index in [1.54, 1.807) is 6.08 Å². The van der Waals surface area contributed by atoms with Crippen LogP contribution < -0.4 is 5.32 Å². The third-order valence-corrected chi connectivity index (χ3v) is 6.06. The summed E-state index contributed by atoms with van der Waals surface area (Å²) in [7, 11) is 1.36. The van der Waals surface area contributed by atoms with E-state index in [-0.39, 0.29) is 11.8 Å². The van der Waals surface area contributed by atoms with Crippen molar-refractivity contribution in [2.24, 2.45) is 0 Å². The highest BCUT2D eigenvalue weighted by Gasteiger charge is 2.31. The first-order valence-corrected chi connectivity index (χ1v) is 11.5. The van der Waals surface area contributed by atoms with Gasteiger partial charge in [-0.15, -0.1) is 0 Å². The third kappa shape index (κ3) is 4.50. The predicted octanol–water partition coefficient (Wildman–Crippen LogP) is 4.22. The van der Waals surface area contributed by atoms with Crippen molar-refractivity contribution in [1.29, 1.82) is 0 Å². The van der Waals surface area contributed by atoms with Gasteiger partial charge in [0, 0.05) is 59.5 Å². The standard InChI is InChI=1S/C25H25BrN2O3/c1-31-23(30)10-8-18-7-9-20-19(15-18)24-21(28(20)14-12-26)11-13-27-25(24)22(29)16-17-5-3-2-4-6-17/h2-10,15,25,27H,11-14,16H2,1H3/b10-8+. The van der Waals surface area contributed by atoms with E-state index in [1.807, 2.05) is 36.4 Å². The Balaban J connectivity index is 1.78. The Labute approximate surface area is 190 Å². The number of ketones is 1. The van der Waals surface area contributed by atoms with Crippen molar-refractivity contribution in [1.82, 2.24) is 9.88 Å². The Bertz CT molecular complexity index is 1130. The molecule has 0 aliphatic carbocycles. The van der Waals surface area contributed by atoms with E-state index in [9.17, 15) is 9.59 Å². The second kappa shape index (κ2) is 9.62. The number of halogens is 1. The molecule has 0 saturated carbocycles. The maximum absolute atomic E-state index is 13.3. The number of esters is 1. The topological polar surface area (TPSA) is 60.3 Å². The largest absolute Gasteiger partial charge is 0.466 e. The molecule has 0 spiro atoms. The van der Waals surface area contributed by atoms with Gasteiger partial charge in [-0.3, -0.25) is 4.79 Å². The molecule has 0 saturated heterocycles. The average molecular weight is 481 g/mol. The van der Waals surface area contributed by atoms with Gasteiger partial charge in [-0.05, 0) is 29.3 Å². The zero-order chi connectivity index (χ0) is 21.8. The molecule has 2 aromatic carbocycles. The average Bonchev–Trinajstić information content (AvgIpc) is 3.11. The van der Waals surface area contributed by atoms with E-state index in [1.165, 1.54) is 18.9 Å². The van der Waals surface area contributed by atoms with Gasteiger partial charge in [-0.2, -0.15) is 0 Å². The summed E-state index contributed by atoms with van der Waals surface area (Å²) in [6.07, 6.45) is 4.43. The maximum atomic E-state index is 13.3. The number of carbonyl (C=O) groups excluding carboxylic acids is 2. The van der Waals surface area contributed by atoms with Crippen LogP contribution >= 0.6 is 15.9 Å². The quantitative estimate of drug-likeness (QED) is 0.312. The van der Waals surface area contributed by atoms with Gasteiger partial charge < -0.3 is 14.6 Å². The van der Waals surface area contributed by atoms with Gasteiger partial charge >= 0.3 is 5.97 Å². The zero-order valence-corrected chi connectivity index (χ0v) is 19.0. The Kier molecular flexibility index (Phi) is 6.68. The first-order chi connectivity index (χ1) is 15.1. The van der Waals surface area contributed by atoms with Crippen LogP contribution in [-0.2, 0) is 33.7 Å². The van der Waals surface area contributed by atoms with Crippen molar-refractivity contribution in [3.05, 3.63) is 77.0 Å². The predicted molar refractivity (Wildman–Crippen MR) is 126 cm³/mol.